The molecule has 5 aromatic rings. The highest BCUT2D eigenvalue weighted by Crippen LogP contribution is 2.32. The van der Waals surface area contributed by atoms with Gasteiger partial charge in [0.2, 0.25) is 0 Å². The van der Waals surface area contributed by atoms with Crippen LogP contribution in [0.25, 0.3) is 32.0 Å². The molecule has 1 amide bonds. The second-order valence-electron chi connectivity index (χ2n) is 7.30. The molecule has 0 fully saturated rings. The molecule has 5 rings (SSSR count). The van der Waals surface area contributed by atoms with E-state index in [0.717, 1.165) is 15.5 Å². The second kappa shape index (κ2) is 8.76. The maximum atomic E-state index is 13.1. The Labute approximate surface area is 201 Å². The average molecular weight is 499 g/mol. The number of fused-ring (bicyclic) bond motifs is 4. The van der Waals surface area contributed by atoms with Crippen molar-refractivity contribution >= 4 is 72.4 Å². The van der Waals surface area contributed by atoms with Gasteiger partial charge >= 0.3 is 5.63 Å². The van der Waals surface area contributed by atoms with Crippen molar-refractivity contribution in [2.75, 3.05) is 13.7 Å². The number of aromatic nitrogens is 1. The molecule has 0 N–H and O–H groups in total. The molecule has 0 bridgehead atoms. The van der Waals surface area contributed by atoms with Crippen molar-refractivity contribution in [3.8, 4) is 0 Å². The lowest BCUT2D eigenvalue weighted by Crippen LogP contribution is -2.21. The van der Waals surface area contributed by atoms with Crippen molar-refractivity contribution in [3.05, 3.63) is 85.4 Å². The van der Waals surface area contributed by atoms with Gasteiger partial charge in [0.05, 0.1) is 26.9 Å². The summed E-state index contributed by atoms with van der Waals surface area (Å²) in [5, 5.41) is 3.29. The van der Waals surface area contributed by atoms with Gasteiger partial charge in [-0.3, -0.25) is 4.79 Å². The molecular weight excluding hydrogens is 483 g/mol. The number of nitrogens with zero attached hydrogens (tertiary/aromatic N) is 2. The third kappa shape index (κ3) is 3.87. The van der Waals surface area contributed by atoms with E-state index in [-0.39, 0.29) is 5.56 Å². The quantitative estimate of drug-likeness (QED) is 0.236. The lowest BCUT2D eigenvalue weighted by atomic mass is 10.0. The maximum Gasteiger partial charge on any atom is 0.349 e. The van der Waals surface area contributed by atoms with E-state index in [1.807, 2.05) is 36.4 Å². The van der Waals surface area contributed by atoms with Crippen molar-refractivity contribution < 1.29 is 13.9 Å². The molecule has 2 aromatic heterocycles. The van der Waals surface area contributed by atoms with Gasteiger partial charge in [-0.1, -0.05) is 64.9 Å². The van der Waals surface area contributed by atoms with Gasteiger partial charge in [0.25, 0.3) is 5.91 Å². The van der Waals surface area contributed by atoms with Crippen LogP contribution in [0, 0.1) is 0 Å². The summed E-state index contributed by atoms with van der Waals surface area (Å²) in [4.78, 5) is 30.4. The van der Waals surface area contributed by atoms with Crippen LogP contribution in [-0.2, 0) is 11.3 Å². The van der Waals surface area contributed by atoms with Gasteiger partial charge in [-0.15, -0.1) is 0 Å². The van der Waals surface area contributed by atoms with Crippen LogP contribution in [0.3, 0.4) is 0 Å². The Hall–Kier alpha value is -2.97. The predicted octanol–water partition coefficient (Wildman–Crippen LogP) is 5.66. The minimum Gasteiger partial charge on any atom is -0.422 e. The van der Waals surface area contributed by atoms with Gasteiger partial charge in [0.15, 0.2) is 4.80 Å². The number of rotatable bonds is 4. The molecule has 2 heterocycles. The fourth-order valence-corrected chi connectivity index (χ4v) is 5.28. The van der Waals surface area contributed by atoms with Gasteiger partial charge in [-0.25, -0.2) is 4.79 Å². The molecule has 0 aliphatic heterocycles. The number of benzene rings is 3. The van der Waals surface area contributed by atoms with Crippen molar-refractivity contribution in [2.24, 2.45) is 4.99 Å². The topological polar surface area (TPSA) is 73.8 Å². The summed E-state index contributed by atoms with van der Waals surface area (Å²) in [7, 11) is 1.58. The van der Waals surface area contributed by atoms with Gasteiger partial charge in [0.1, 0.15) is 11.1 Å². The van der Waals surface area contributed by atoms with Gasteiger partial charge in [-0.2, -0.15) is 4.99 Å². The van der Waals surface area contributed by atoms with Crippen molar-refractivity contribution in [1.82, 2.24) is 4.57 Å². The SMILES string of the molecule is COCCn1c(=NC(=O)c2cc3c(ccc4ccccc43)oc2=O)sc2ccc(Cl)c(Cl)c21. The summed E-state index contributed by atoms with van der Waals surface area (Å²) >= 11 is 13.9. The third-order valence-electron chi connectivity index (χ3n) is 5.32. The first-order valence-corrected chi connectivity index (χ1v) is 11.6. The molecule has 0 radical (unpaired) electrons. The number of hydrogen-bond acceptors (Lipinski definition) is 5. The highest BCUT2D eigenvalue weighted by molar-refractivity contribution is 7.16. The lowest BCUT2D eigenvalue weighted by Gasteiger charge is -2.06. The molecular formula is C24H16Cl2N2O4S. The largest absolute Gasteiger partial charge is 0.422 e. The summed E-state index contributed by atoms with van der Waals surface area (Å²) in [6, 6.07) is 16.3. The average Bonchev–Trinajstić information content (AvgIpc) is 3.16. The fourth-order valence-electron chi connectivity index (χ4n) is 3.75. The lowest BCUT2D eigenvalue weighted by molar-refractivity contribution is 0.0994. The molecule has 0 aliphatic carbocycles. The first-order valence-electron chi connectivity index (χ1n) is 9.99. The molecule has 0 aliphatic rings. The van der Waals surface area contributed by atoms with E-state index < -0.39 is 11.5 Å². The summed E-state index contributed by atoms with van der Waals surface area (Å²) in [6.07, 6.45) is 0. The number of ether oxygens (including phenoxy) is 1. The number of methoxy groups -OCH3 is 1. The number of carbonyl (C=O) groups is 1. The van der Waals surface area contributed by atoms with Crippen LogP contribution in [0.15, 0.2) is 68.8 Å². The molecule has 0 atom stereocenters. The summed E-state index contributed by atoms with van der Waals surface area (Å²) in [5.74, 6) is -0.696. The van der Waals surface area contributed by atoms with Crippen LogP contribution in [0.1, 0.15) is 10.4 Å². The second-order valence-corrected chi connectivity index (χ2v) is 9.09. The molecule has 0 spiro atoms. The molecule has 33 heavy (non-hydrogen) atoms. The summed E-state index contributed by atoms with van der Waals surface area (Å²) in [6.45, 7) is 0.778. The van der Waals surface area contributed by atoms with Gasteiger partial charge in [0, 0.05) is 19.0 Å². The summed E-state index contributed by atoms with van der Waals surface area (Å²) < 4.78 is 13.2. The molecule has 0 saturated heterocycles. The highest BCUT2D eigenvalue weighted by Gasteiger charge is 2.17. The molecule has 9 heteroatoms. The van der Waals surface area contributed by atoms with E-state index in [1.165, 1.54) is 11.3 Å². The van der Waals surface area contributed by atoms with Crippen LogP contribution in [-0.4, -0.2) is 24.2 Å². The molecule has 3 aromatic carbocycles. The zero-order chi connectivity index (χ0) is 23.1. The summed E-state index contributed by atoms with van der Waals surface area (Å²) in [5.41, 5.74) is 0.193. The molecule has 0 saturated carbocycles. The van der Waals surface area contributed by atoms with Crippen molar-refractivity contribution in [1.29, 1.82) is 0 Å². The number of carbonyl (C=O) groups excluding carboxylic acids is 1. The molecule has 6 nitrogen and oxygen atoms in total. The maximum absolute atomic E-state index is 13.1. The zero-order valence-corrected chi connectivity index (χ0v) is 19.6. The fraction of sp³-hybridized carbons (Fsp3) is 0.125. The van der Waals surface area contributed by atoms with Crippen LogP contribution < -0.4 is 10.4 Å². The number of halogens is 2. The zero-order valence-electron chi connectivity index (χ0n) is 17.3. The number of amides is 1. The van der Waals surface area contributed by atoms with E-state index in [0.29, 0.717) is 44.5 Å². The number of thiazole rings is 1. The Morgan fingerprint density at radius 1 is 1.12 bits per heavy atom. The monoisotopic (exact) mass is 498 g/mol. The van der Waals surface area contributed by atoms with Crippen molar-refractivity contribution in [2.45, 2.75) is 6.54 Å². The van der Waals surface area contributed by atoms with E-state index >= 15 is 0 Å². The molecule has 166 valence electrons. The van der Waals surface area contributed by atoms with E-state index in [1.54, 1.807) is 29.9 Å². The van der Waals surface area contributed by atoms with E-state index in [9.17, 15) is 9.59 Å². The van der Waals surface area contributed by atoms with Crippen molar-refractivity contribution in [3.63, 3.8) is 0 Å². The normalized spacial score (nSPS) is 12.3. The Morgan fingerprint density at radius 2 is 1.94 bits per heavy atom. The van der Waals surface area contributed by atoms with Crippen LogP contribution in [0.2, 0.25) is 10.0 Å². The first-order chi connectivity index (χ1) is 16.0. The highest BCUT2D eigenvalue weighted by atomic mass is 35.5. The Kier molecular flexibility index (Phi) is 5.80. The van der Waals surface area contributed by atoms with E-state index in [2.05, 4.69) is 4.99 Å². The predicted molar refractivity (Wildman–Crippen MR) is 132 cm³/mol. The standard InChI is InChI=1S/C24H16Cl2N2O4S/c1-31-11-10-28-21-19(9-7-17(25)20(21)26)33-24(28)27-22(29)16-12-15-14-5-3-2-4-13(14)6-8-18(15)32-23(16)30/h2-9,12H,10-11H2,1H3. The number of hydrogen-bond donors (Lipinski definition) is 0. The van der Waals surface area contributed by atoms with Crippen LogP contribution in [0.5, 0.6) is 0 Å². The Morgan fingerprint density at radius 3 is 2.76 bits per heavy atom. The Balaban J connectivity index is 1.71. The van der Waals surface area contributed by atoms with Gasteiger partial charge < -0.3 is 13.7 Å². The van der Waals surface area contributed by atoms with Gasteiger partial charge in [-0.05, 0) is 35.0 Å². The minimum atomic E-state index is -0.739. The van der Waals surface area contributed by atoms with E-state index in [4.69, 9.17) is 32.4 Å². The van der Waals surface area contributed by atoms with Crippen LogP contribution in [0.4, 0.5) is 0 Å². The minimum absolute atomic E-state index is 0.140. The smallest absolute Gasteiger partial charge is 0.349 e. The first kappa shape index (κ1) is 21.9. The third-order valence-corrected chi connectivity index (χ3v) is 7.16. The Bertz CT molecular complexity index is 1680. The molecule has 0 unspecified atom stereocenters. The van der Waals surface area contributed by atoms with Crippen LogP contribution >= 0.6 is 34.5 Å².